The molecule has 0 spiro atoms. The van der Waals surface area contributed by atoms with Crippen LogP contribution in [0, 0.1) is 11.3 Å². The van der Waals surface area contributed by atoms with E-state index in [0.29, 0.717) is 13.0 Å². The molecule has 7 heteroatoms. The summed E-state index contributed by atoms with van der Waals surface area (Å²) in [6, 6.07) is 0. The number of guanidine groups is 1. The van der Waals surface area contributed by atoms with E-state index >= 15 is 0 Å². The van der Waals surface area contributed by atoms with E-state index in [1.54, 1.807) is 7.05 Å². The molecule has 0 bridgehead atoms. The molecule has 0 saturated heterocycles. The number of nitrogens with zero attached hydrogens (tertiary/aromatic N) is 1. The van der Waals surface area contributed by atoms with E-state index in [4.69, 9.17) is 4.74 Å². The van der Waals surface area contributed by atoms with E-state index in [1.807, 2.05) is 0 Å². The van der Waals surface area contributed by atoms with Crippen molar-refractivity contribution in [3.8, 4) is 0 Å². The van der Waals surface area contributed by atoms with Crippen molar-refractivity contribution < 1.29 is 13.2 Å². The zero-order chi connectivity index (χ0) is 17.3. The summed E-state index contributed by atoms with van der Waals surface area (Å²) in [6.45, 7) is 7.30. The normalized spacial score (nSPS) is 16.4. The molecule has 0 atom stereocenters. The number of hydrogen-bond donors (Lipinski definition) is 2. The zero-order valence-electron chi connectivity index (χ0n) is 15.0. The molecule has 1 rings (SSSR count). The first-order chi connectivity index (χ1) is 10.7. The van der Waals surface area contributed by atoms with Crippen LogP contribution in [0.3, 0.4) is 0 Å². The first kappa shape index (κ1) is 20.2. The average molecular weight is 348 g/mol. The van der Waals surface area contributed by atoms with Crippen molar-refractivity contribution >= 4 is 15.8 Å². The highest BCUT2D eigenvalue weighted by Crippen LogP contribution is 2.28. The molecule has 1 aliphatic carbocycles. The lowest BCUT2D eigenvalue weighted by molar-refractivity contribution is 0.123. The van der Waals surface area contributed by atoms with Gasteiger partial charge >= 0.3 is 0 Å². The van der Waals surface area contributed by atoms with Crippen molar-refractivity contribution in [2.45, 2.75) is 39.5 Å². The lowest BCUT2D eigenvalue weighted by atomic mass is 9.90. The highest BCUT2D eigenvalue weighted by atomic mass is 32.2. The van der Waals surface area contributed by atoms with E-state index < -0.39 is 9.84 Å². The molecule has 23 heavy (non-hydrogen) atoms. The van der Waals surface area contributed by atoms with Crippen molar-refractivity contribution in [1.82, 2.24) is 10.6 Å². The van der Waals surface area contributed by atoms with Crippen LogP contribution >= 0.6 is 0 Å². The van der Waals surface area contributed by atoms with Crippen molar-refractivity contribution in [2.24, 2.45) is 16.3 Å². The summed E-state index contributed by atoms with van der Waals surface area (Å²) >= 11 is 0. The summed E-state index contributed by atoms with van der Waals surface area (Å²) in [4.78, 5) is 4.19. The number of rotatable bonds is 11. The smallest absolute Gasteiger partial charge is 0.190 e. The summed E-state index contributed by atoms with van der Waals surface area (Å²) in [5, 5.41) is 6.53. The van der Waals surface area contributed by atoms with Crippen molar-refractivity contribution in [1.29, 1.82) is 0 Å². The summed E-state index contributed by atoms with van der Waals surface area (Å²) in [7, 11) is -1.18. The number of nitrogens with one attached hydrogen (secondary N) is 2. The van der Waals surface area contributed by atoms with Crippen LogP contribution in [0.5, 0.6) is 0 Å². The van der Waals surface area contributed by atoms with Gasteiger partial charge in [-0.05, 0) is 37.0 Å². The van der Waals surface area contributed by atoms with Crippen LogP contribution in [0.15, 0.2) is 4.99 Å². The largest absolute Gasteiger partial charge is 0.381 e. The van der Waals surface area contributed by atoms with Crippen molar-refractivity contribution in [3.63, 3.8) is 0 Å². The Morgan fingerprint density at radius 3 is 2.57 bits per heavy atom. The molecular weight excluding hydrogens is 314 g/mol. The van der Waals surface area contributed by atoms with E-state index in [0.717, 1.165) is 38.1 Å². The minimum atomic E-state index is -2.91. The lowest BCUT2D eigenvalue weighted by Gasteiger charge is -2.25. The monoisotopic (exact) mass is 347 g/mol. The SMILES string of the molecule is CN=C(NCCCOCC1CC1)NCC(C)(C)CCS(C)(=O)=O. The Bertz CT molecular complexity index is 471. The molecule has 0 aromatic rings. The van der Waals surface area contributed by atoms with Gasteiger partial charge in [-0.1, -0.05) is 13.8 Å². The van der Waals surface area contributed by atoms with Gasteiger partial charge in [0, 0.05) is 39.6 Å². The second kappa shape index (κ2) is 9.47. The molecule has 0 heterocycles. The Balaban J connectivity index is 2.13. The van der Waals surface area contributed by atoms with E-state index in [2.05, 4.69) is 29.5 Å². The standard InChI is InChI=1S/C16H33N3O3S/c1-16(2,8-11-23(4,20)21)13-19-15(17-3)18-9-5-10-22-12-14-6-7-14/h14H,5-13H2,1-4H3,(H2,17,18,19). The molecule has 0 radical (unpaired) electrons. The molecule has 136 valence electrons. The summed E-state index contributed by atoms with van der Waals surface area (Å²) in [6.07, 6.45) is 5.51. The number of aliphatic imine (C=N–C) groups is 1. The van der Waals surface area contributed by atoms with Crippen LogP contribution in [-0.2, 0) is 14.6 Å². The minimum absolute atomic E-state index is 0.103. The van der Waals surface area contributed by atoms with Crippen molar-refractivity contribution in [3.05, 3.63) is 0 Å². The molecule has 6 nitrogen and oxygen atoms in total. The van der Waals surface area contributed by atoms with Gasteiger partial charge in [-0.2, -0.15) is 0 Å². The Morgan fingerprint density at radius 1 is 1.30 bits per heavy atom. The van der Waals surface area contributed by atoms with Crippen LogP contribution in [0.2, 0.25) is 0 Å². The molecule has 1 saturated carbocycles. The number of sulfone groups is 1. The second-order valence-electron chi connectivity index (χ2n) is 7.27. The van der Waals surface area contributed by atoms with Crippen LogP contribution in [0.4, 0.5) is 0 Å². The maximum Gasteiger partial charge on any atom is 0.190 e. The maximum absolute atomic E-state index is 11.3. The Labute approximate surface area is 141 Å². The van der Waals surface area contributed by atoms with Gasteiger partial charge < -0.3 is 15.4 Å². The Hall–Kier alpha value is -0.820. The Morgan fingerprint density at radius 2 is 2.00 bits per heavy atom. The highest BCUT2D eigenvalue weighted by molar-refractivity contribution is 7.90. The first-order valence-corrected chi connectivity index (χ1v) is 10.5. The van der Waals surface area contributed by atoms with Crippen LogP contribution in [0.25, 0.3) is 0 Å². The summed E-state index contributed by atoms with van der Waals surface area (Å²) in [5.41, 5.74) is -0.103. The molecule has 0 aromatic heterocycles. The second-order valence-corrected chi connectivity index (χ2v) is 9.53. The summed E-state index contributed by atoms with van der Waals surface area (Å²) in [5.74, 6) is 1.78. The van der Waals surface area contributed by atoms with E-state index in [1.165, 1.54) is 19.1 Å². The fourth-order valence-electron chi connectivity index (χ4n) is 2.01. The number of hydrogen-bond acceptors (Lipinski definition) is 4. The van der Waals surface area contributed by atoms with Gasteiger partial charge in [0.25, 0.3) is 0 Å². The molecule has 0 aromatic carbocycles. The predicted octanol–water partition coefficient (Wildman–Crippen LogP) is 1.43. The van der Waals surface area contributed by atoms with Gasteiger partial charge in [-0.15, -0.1) is 0 Å². The van der Waals surface area contributed by atoms with E-state index in [-0.39, 0.29) is 11.2 Å². The first-order valence-electron chi connectivity index (χ1n) is 8.42. The molecule has 0 amide bonds. The third-order valence-electron chi connectivity index (χ3n) is 3.92. The minimum Gasteiger partial charge on any atom is -0.381 e. The average Bonchev–Trinajstić information content (AvgIpc) is 3.27. The van der Waals surface area contributed by atoms with Gasteiger partial charge in [-0.25, -0.2) is 8.42 Å². The van der Waals surface area contributed by atoms with Crippen LogP contribution in [-0.4, -0.2) is 59.7 Å². The Kier molecular flexibility index (Phi) is 8.33. The quantitative estimate of drug-likeness (QED) is 0.336. The van der Waals surface area contributed by atoms with Gasteiger partial charge in [0.15, 0.2) is 5.96 Å². The molecule has 2 N–H and O–H groups in total. The molecule has 1 aliphatic rings. The van der Waals surface area contributed by atoms with Gasteiger partial charge in [0.1, 0.15) is 9.84 Å². The third-order valence-corrected chi connectivity index (χ3v) is 4.86. The topological polar surface area (TPSA) is 79.8 Å². The molecule has 1 fully saturated rings. The lowest BCUT2D eigenvalue weighted by Crippen LogP contribution is -2.42. The molecule has 0 aliphatic heterocycles. The highest BCUT2D eigenvalue weighted by Gasteiger charge is 2.21. The molecule has 0 unspecified atom stereocenters. The number of ether oxygens (including phenoxy) is 1. The van der Waals surface area contributed by atoms with Gasteiger partial charge in [-0.3, -0.25) is 4.99 Å². The molecular formula is C16H33N3O3S. The summed E-state index contributed by atoms with van der Waals surface area (Å²) < 4.78 is 28.1. The fourth-order valence-corrected chi connectivity index (χ4v) is 2.93. The van der Waals surface area contributed by atoms with Gasteiger partial charge in [0.2, 0.25) is 0 Å². The van der Waals surface area contributed by atoms with Crippen LogP contribution in [0.1, 0.15) is 39.5 Å². The van der Waals surface area contributed by atoms with E-state index in [9.17, 15) is 8.42 Å². The van der Waals surface area contributed by atoms with Gasteiger partial charge in [0.05, 0.1) is 5.75 Å². The zero-order valence-corrected chi connectivity index (χ0v) is 15.8. The maximum atomic E-state index is 11.3. The van der Waals surface area contributed by atoms with Crippen LogP contribution < -0.4 is 10.6 Å². The fraction of sp³-hybridized carbons (Fsp3) is 0.938. The predicted molar refractivity (Wildman–Crippen MR) is 95.6 cm³/mol. The van der Waals surface area contributed by atoms with Crippen molar-refractivity contribution in [2.75, 3.05) is 45.4 Å². The third kappa shape index (κ3) is 11.4.